The predicted molar refractivity (Wildman–Crippen MR) is 51.7 cm³/mol. The standard InChI is InChI=1S/C7H5BrF3NO3S/c8-6-1-5(2-12-3-6)4-15-16(13,14)7(9,10)11/h1-3H,4H2. The molecule has 0 saturated heterocycles. The number of hydrogen-bond donors (Lipinski definition) is 0. The lowest BCUT2D eigenvalue weighted by atomic mass is 10.3. The largest absolute Gasteiger partial charge is 0.523 e. The van der Waals surface area contributed by atoms with Crippen LogP contribution in [0.5, 0.6) is 0 Å². The Bertz CT molecular complexity index is 474. The van der Waals surface area contributed by atoms with Crippen molar-refractivity contribution in [2.45, 2.75) is 12.1 Å². The summed E-state index contributed by atoms with van der Waals surface area (Å²) in [6, 6.07) is 1.40. The Morgan fingerprint density at radius 2 is 2.00 bits per heavy atom. The molecule has 0 N–H and O–H groups in total. The summed E-state index contributed by atoms with van der Waals surface area (Å²) < 4.78 is 61.0. The number of nitrogens with zero attached hydrogens (tertiary/aromatic N) is 1. The zero-order chi connectivity index (χ0) is 12.4. The minimum absolute atomic E-state index is 0.210. The molecule has 1 aromatic rings. The molecule has 0 aromatic carbocycles. The van der Waals surface area contributed by atoms with Crippen molar-refractivity contribution in [3.8, 4) is 0 Å². The summed E-state index contributed by atoms with van der Waals surface area (Å²) >= 11 is 3.03. The first-order chi connectivity index (χ1) is 7.22. The molecule has 0 spiro atoms. The maximum Gasteiger partial charge on any atom is 0.523 e. The SMILES string of the molecule is O=S(=O)(OCc1cncc(Br)c1)C(F)(F)F. The van der Waals surface area contributed by atoms with Gasteiger partial charge in [0.15, 0.2) is 0 Å². The van der Waals surface area contributed by atoms with Gasteiger partial charge < -0.3 is 0 Å². The van der Waals surface area contributed by atoms with Gasteiger partial charge in [-0.1, -0.05) is 0 Å². The summed E-state index contributed by atoms with van der Waals surface area (Å²) in [4.78, 5) is 3.64. The molecule has 1 rings (SSSR count). The molecular weight excluding hydrogens is 315 g/mol. The highest BCUT2D eigenvalue weighted by Crippen LogP contribution is 2.25. The van der Waals surface area contributed by atoms with Crippen LogP contribution in [0.15, 0.2) is 22.9 Å². The maximum atomic E-state index is 11.9. The van der Waals surface area contributed by atoms with Crippen molar-refractivity contribution in [2.24, 2.45) is 0 Å². The Morgan fingerprint density at radius 1 is 1.38 bits per heavy atom. The van der Waals surface area contributed by atoms with E-state index in [0.29, 0.717) is 4.47 Å². The van der Waals surface area contributed by atoms with E-state index in [1.165, 1.54) is 18.5 Å². The van der Waals surface area contributed by atoms with Gasteiger partial charge in [0.25, 0.3) is 0 Å². The van der Waals surface area contributed by atoms with E-state index in [1.54, 1.807) is 0 Å². The molecule has 0 aliphatic rings. The number of halogens is 4. The number of rotatable bonds is 3. The first-order valence-corrected chi connectivity index (χ1v) is 5.97. The second kappa shape index (κ2) is 4.68. The second-order valence-corrected chi connectivity index (χ2v) is 5.20. The Hall–Kier alpha value is -0.670. The summed E-state index contributed by atoms with van der Waals surface area (Å²) in [5.41, 5.74) is -5.20. The topological polar surface area (TPSA) is 56.3 Å². The third-order valence-corrected chi connectivity index (χ3v) is 2.85. The lowest BCUT2D eigenvalue weighted by Gasteiger charge is -2.07. The summed E-state index contributed by atoms with van der Waals surface area (Å²) in [7, 11) is -5.55. The molecule has 0 aliphatic carbocycles. The molecule has 90 valence electrons. The monoisotopic (exact) mass is 319 g/mol. The highest BCUT2D eigenvalue weighted by Gasteiger charge is 2.47. The second-order valence-electron chi connectivity index (χ2n) is 2.67. The minimum Gasteiger partial charge on any atom is -0.263 e. The van der Waals surface area contributed by atoms with E-state index < -0.39 is 22.2 Å². The van der Waals surface area contributed by atoms with E-state index in [2.05, 4.69) is 25.1 Å². The van der Waals surface area contributed by atoms with Gasteiger partial charge in [-0.25, -0.2) is 0 Å². The summed E-state index contributed by atoms with van der Waals surface area (Å²) in [6.45, 7) is -0.714. The van der Waals surface area contributed by atoms with E-state index in [-0.39, 0.29) is 5.56 Å². The Balaban J connectivity index is 2.73. The zero-order valence-electron chi connectivity index (χ0n) is 7.53. The minimum atomic E-state index is -5.55. The fourth-order valence-corrected chi connectivity index (χ4v) is 1.58. The third kappa shape index (κ3) is 3.42. The fraction of sp³-hybridized carbons (Fsp3) is 0.286. The molecule has 0 amide bonds. The first-order valence-electron chi connectivity index (χ1n) is 3.77. The van der Waals surface area contributed by atoms with Crippen LogP contribution in [0.25, 0.3) is 0 Å². The molecule has 9 heteroatoms. The summed E-state index contributed by atoms with van der Waals surface area (Å²) in [5, 5.41) is 0. The van der Waals surface area contributed by atoms with Gasteiger partial charge in [0.1, 0.15) is 0 Å². The average Bonchev–Trinajstić information content (AvgIpc) is 2.13. The highest BCUT2D eigenvalue weighted by molar-refractivity contribution is 9.10. The Morgan fingerprint density at radius 3 is 2.50 bits per heavy atom. The van der Waals surface area contributed by atoms with Gasteiger partial charge in [-0.3, -0.25) is 9.17 Å². The van der Waals surface area contributed by atoms with Crippen molar-refractivity contribution in [3.05, 3.63) is 28.5 Å². The van der Waals surface area contributed by atoms with Gasteiger partial charge in [-0.2, -0.15) is 21.6 Å². The van der Waals surface area contributed by atoms with Gasteiger partial charge in [0.2, 0.25) is 0 Å². The van der Waals surface area contributed by atoms with Crippen LogP contribution < -0.4 is 0 Å². The van der Waals surface area contributed by atoms with Gasteiger partial charge in [0.05, 0.1) is 6.61 Å². The molecule has 1 heterocycles. The molecule has 0 bridgehead atoms. The van der Waals surface area contributed by atoms with Crippen molar-refractivity contribution in [3.63, 3.8) is 0 Å². The first kappa shape index (κ1) is 13.4. The normalized spacial score (nSPS) is 12.8. The van der Waals surface area contributed by atoms with Gasteiger partial charge in [-0.15, -0.1) is 0 Å². The molecule has 4 nitrogen and oxygen atoms in total. The zero-order valence-corrected chi connectivity index (χ0v) is 9.93. The van der Waals surface area contributed by atoms with Crippen molar-refractivity contribution in [1.29, 1.82) is 0 Å². The molecule has 0 unspecified atom stereocenters. The van der Waals surface area contributed by atoms with Crippen LogP contribution in [0.1, 0.15) is 5.56 Å². The molecule has 0 radical (unpaired) electrons. The fourth-order valence-electron chi connectivity index (χ4n) is 0.747. The number of aromatic nitrogens is 1. The lowest BCUT2D eigenvalue weighted by molar-refractivity contribution is -0.0547. The van der Waals surface area contributed by atoms with Crippen molar-refractivity contribution >= 4 is 26.0 Å². The molecule has 1 aromatic heterocycles. The molecule has 0 saturated carbocycles. The number of alkyl halides is 3. The predicted octanol–water partition coefficient (Wildman–Crippen LogP) is 2.21. The molecule has 0 atom stereocenters. The van der Waals surface area contributed by atoms with Crippen LogP contribution in [-0.2, 0) is 20.9 Å². The highest BCUT2D eigenvalue weighted by atomic mass is 79.9. The van der Waals surface area contributed by atoms with Gasteiger partial charge in [-0.05, 0) is 27.6 Å². The van der Waals surface area contributed by atoms with E-state index >= 15 is 0 Å². The van der Waals surface area contributed by atoms with E-state index in [9.17, 15) is 21.6 Å². The molecule has 16 heavy (non-hydrogen) atoms. The van der Waals surface area contributed by atoms with Gasteiger partial charge in [0, 0.05) is 16.9 Å². The Kier molecular flexibility index (Phi) is 3.92. The van der Waals surface area contributed by atoms with Gasteiger partial charge >= 0.3 is 15.6 Å². The van der Waals surface area contributed by atoms with Crippen LogP contribution in [0.4, 0.5) is 13.2 Å². The average molecular weight is 320 g/mol. The Labute approximate surface area is 97.7 Å². The maximum absolute atomic E-state index is 11.9. The molecule has 0 fully saturated rings. The van der Waals surface area contributed by atoms with Crippen LogP contribution in [-0.4, -0.2) is 18.9 Å². The number of hydrogen-bond acceptors (Lipinski definition) is 4. The molecule has 0 aliphatic heterocycles. The van der Waals surface area contributed by atoms with Crippen LogP contribution in [0.2, 0.25) is 0 Å². The lowest BCUT2D eigenvalue weighted by Crippen LogP contribution is -2.25. The van der Waals surface area contributed by atoms with Crippen molar-refractivity contribution in [2.75, 3.05) is 0 Å². The van der Waals surface area contributed by atoms with Crippen LogP contribution in [0, 0.1) is 0 Å². The number of pyridine rings is 1. The summed E-state index contributed by atoms with van der Waals surface area (Å²) in [5.74, 6) is 0. The quantitative estimate of drug-likeness (QED) is 0.633. The van der Waals surface area contributed by atoms with Crippen LogP contribution >= 0.6 is 15.9 Å². The summed E-state index contributed by atoms with van der Waals surface area (Å²) in [6.07, 6.45) is 2.61. The molecular formula is C7H5BrF3NO3S. The van der Waals surface area contributed by atoms with Crippen molar-refractivity contribution < 1.29 is 25.8 Å². The van der Waals surface area contributed by atoms with E-state index in [1.807, 2.05) is 0 Å². The smallest absolute Gasteiger partial charge is 0.263 e. The van der Waals surface area contributed by atoms with Crippen molar-refractivity contribution in [1.82, 2.24) is 4.98 Å². The van der Waals surface area contributed by atoms with Crippen LogP contribution in [0.3, 0.4) is 0 Å². The third-order valence-electron chi connectivity index (χ3n) is 1.43. The van der Waals surface area contributed by atoms with E-state index in [0.717, 1.165) is 0 Å². The van der Waals surface area contributed by atoms with E-state index in [4.69, 9.17) is 0 Å².